The fourth-order valence-electron chi connectivity index (χ4n) is 2.20. The predicted molar refractivity (Wildman–Crippen MR) is 101 cm³/mol. The standard InChI is InChI=1S/C20H19ClN2O4/c1-23(11-5-10-22)19(24)13-27-20(25)14-26-18-9-8-16(12-17(18)21)15-6-3-2-4-7-15/h2-4,6-9,12H,5,11,13-14H2,1H3. The first-order chi connectivity index (χ1) is 13.0. The quantitative estimate of drug-likeness (QED) is 0.650. The second-order valence-corrected chi connectivity index (χ2v) is 6.09. The van der Waals surface area contributed by atoms with E-state index in [9.17, 15) is 9.59 Å². The first-order valence-electron chi connectivity index (χ1n) is 8.25. The third kappa shape index (κ3) is 6.32. The van der Waals surface area contributed by atoms with Crippen molar-refractivity contribution in [3.8, 4) is 22.9 Å². The van der Waals surface area contributed by atoms with Gasteiger partial charge in [-0.2, -0.15) is 5.26 Å². The fourth-order valence-corrected chi connectivity index (χ4v) is 2.44. The monoisotopic (exact) mass is 386 g/mol. The highest BCUT2D eigenvalue weighted by Crippen LogP contribution is 2.30. The third-order valence-corrected chi connectivity index (χ3v) is 4.02. The van der Waals surface area contributed by atoms with Gasteiger partial charge in [0.15, 0.2) is 13.2 Å². The zero-order valence-corrected chi connectivity index (χ0v) is 15.6. The highest BCUT2D eigenvalue weighted by atomic mass is 35.5. The Labute approximate surface area is 162 Å². The molecular weight excluding hydrogens is 368 g/mol. The third-order valence-electron chi connectivity index (χ3n) is 3.73. The molecule has 0 N–H and O–H groups in total. The molecule has 7 heteroatoms. The minimum Gasteiger partial charge on any atom is -0.480 e. The van der Waals surface area contributed by atoms with E-state index in [-0.39, 0.29) is 25.5 Å². The molecular formula is C20H19ClN2O4. The maximum atomic E-state index is 11.7. The van der Waals surface area contributed by atoms with Gasteiger partial charge in [0.2, 0.25) is 0 Å². The molecule has 0 bridgehead atoms. The summed E-state index contributed by atoms with van der Waals surface area (Å²) in [6.45, 7) is -0.475. The summed E-state index contributed by atoms with van der Waals surface area (Å²) in [5.41, 5.74) is 1.95. The number of hydrogen-bond acceptors (Lipinski definition) is 5. The molecule has 0 aliphatic carbocycles. The van der Waals surface area contributed by atoms with E-state index < -0.39 is 12.6 Å². The molecule has 2 aromatic rings. The van der Waals surface area contributed by atoms with E-state index in [1.165, 1.54) is 11.9 Å². The van der Waals surface area contributed by atoms with Crippen molar-refractivity contribution in [3.05, 3.63) is 53.6 Å². The van der Waals surface area contributed by atoms with Gasteiger partial charge in [-0.05, 0) is 23.3 Å². The van der Waals surface area contributed by atoms with Crippen LogP contribution in [0.4, 0.5) is 0 Å². The maximum Gasteiger partial charge on any atom is 0.344 e. The molecule has 0 fully saturated rings. The minimum atomic E-state index is -0.680. The number of amides is 1. The van der Waals surface area contributed by atoms with Gasteiger partial charge < -0.3 is 14.4 Å². The average Bonchev–Trinajstić information content (AvgIpc) is 2.69. The van der Waals surface area contributed by atoms with Crippen molar-refractivity contribution in [2.24, 2.45) is 0 Å². The summed E-state index contributed by atoms with van der Waals surface area (Å²) in [6, 6.07) is 16.9. The zero-order valence-electron chi connectivity index (χ0n) is 14.9. The molecule has 0 aliphatic rings. The van der Waals surface area contributed by atoms with Crippen molar-refractivity contribution >= 4 is 23.5 Å². The van der Waals surface area contributed by atoms with Gasteiger partial charge in [0, 0.05) is 13.6 Å². The van der Waals surface area contributed by atoms with Gasteiger partial charge in [-0.1, -0.05) is 48.0 Å². The summed E-state index contributed by atoms with van der Waals surface area (Å²) in [6.07, 6.45) is 0.219. The normalized spacial score (nSPS) is 9.96. The van der Waals surface area contributed by atoms with Crippen LogP contribution >= 0.6 is 11.6 Å². The SMILES string of the molecule is CN(CCC#N)C(=O)COC(=O)COc1ccc(-c2ccccc2)cc1Cl. The van der Waals surface area contributed by atoms with Crippen LogP contribution < -0.4 is 4.74 Å². The molecule has 2 rings (SSSR count). The van der Waals surface area contributed by atoms with Crippen molar-refractivity contribution in [2.75, 3.05) is 26.8 Å². The number of rotatable bonds is 8. The summed E-state index contributed by atoms with van der Waals surface area (Å²) in [4.78, 5) is 24.8. The molecule has 0 heterocycles. The van der Waals surface area contributed by atoms with E-state index >= 15 is 0 Å². The summed E-state index contributed by atoms with van der Waals surface area (Å²) < 4.78 is 10.3. The van der Waals surface area contributed by atoms with E-state index in [0.29, 0.717) is 10.8 Å². The number of carbonyl (C=O) groups is 2. The molecule has 6 nitrogen and oxygen atoms in total. The number of ether oxygens (including phenoxy) is 2. The Hall–Kier alpha value is -3.04. The van der Waals surface area contributed by atoms with Crippen molar-refractivity contribution in [2.45, 2.75) is 6.42 Å². The largest absolute Gasteiger partial charge is 0.480 e. The van der Waals surface area contributed by atoms with E-state index in [0.717, 1.165) is 11.1 Å². The van der Waals surface area contributed by atoms with Gasteiger partial charge in [0.05, 0.1) is 17.5 Å². The fraction of sp³-hybridized carbons (Fsp3) is 0.250. The van der Waals surface area contributed by atoms with Gasteiger partial charge in [-0.15, -0.1) is 0 Å². The molecule has 1 amide bonds. The van der Waals surface area contributed by atoms with Crippen LogP contribution in [0.2, 0.25) is 5.02 Å². The zero-order chi connectivity index (χ0) is 19.6. The first kappa shape index (κ1) is 20.3. The Balaban J connectivity index is 1.83. The van der Waals surface area contributed by atoms with Gasteiger partial charge >= 0.3 is 5.97 Å². The minimum absolute atomic E-state index is 0.219. The van der Waals surface area contributed by atoms with Crippen LogP contribution in [0.3, 0.4) is 0 Å². The number of esters is 1. The number of benzene rings is 2. The second kappa shape index (κ2) is 10.2. The molecule has 0 saturated carbocycles. The Bertz CT molecular complexity index is 834. The number of nitrogens with zero attached hydrogens (tertiary/aromatic N) is 2. The highest BCUT2D eigenvalue weighted by Gasteiger charge is 2.13. The van der Waals surface area contributed by atoms with Gasteiger partial charge in [-0.25, -0.2) is 4.79 Å². The smallest absolute Gasteiger partial charge is 0.344 e. The first-order valence-corrected chi connectivity index (χ1v) is 8.63. The van der Waals surface area contributed by atoms with Crippen molar-refractivity contribution < 1.29 is 19.1 Å². The van der Waals surface area contributed by atoms with Crippen LogP contribution in [-0.2, 0) is 14.3 Å². The van der Waals surface area contributed by atoms with E-state index in [1.54, 1.807) is 12.1 Å². The summed E-state index contributed by atoms with van der Waals surface area (Å²) >= 11 is 6.22. The number of hydrogen-bond donors (Lipinski definition) is 0. The molecule has 0 aromatic heterocycles. The van der Waals surface area contributed by atoms with Crippen molar-refractivity contribution in [1.29, 1.82) is 5.26 Å². The molecule has 0 unspecified atom stereocenters. The lowest BCUT2D eigenvalue weighted by molar-refractivity contribution is -0.153. The average molecular weight is 387 g/mol. The van der Waals surface area contributed by atoms with Gasteiger partial charge in [0.25, 0.3) is 5.91 Å². The summed E-state index contributed by atoms with van der Waals surface area (Å²) in [7, 11) is 1.54. The Morgan fingerprint density at radius 3 is 2.52 bits per heavy atom. The number of halogens is 1. The summed E-state index contributed by atoms with van der Waals surface area (Å²) in [5, 5.41) is 8.87. The molecule has 0 saturated heterocycles. The highest BCUT2D eigenvalue weighted by molar-refractivity contribution is 6.32. The molecule has 0 radical (unpaired) electrons. The van der Waals surface area contributed by atoms with Crippen molar-refractivity contribution in [1.82, 2.24) is 4.90 Å². The number of carbonyl (C=O) groups excluding carboxylic acids is 2. The van der Waals surface area contributed by atoms with E-state index in [1.807, 2.05) is 42.5 Å². The van der Waals surface area contributed by atoms with Crippen LogP contribution in [0.25, 0.3) is 11.1 Å². The van der Waals surface area contributed by atoms with Crippen LogP contribution in [0.1, 0.15) is 6.42 Å². The van der Waals surface area contributed by atoms with Crippen LogP contribution in [-0.4, -0.2) is 43.6 Å². The Morgan fingerprint density at radius 2 is 1.85 bits per heavy atom. The molecule has 27 heavy (non-hydrogen) atoms. The Morgan fingerprint density at radius 1 is 1.11 bits per heavy atom. The predicted octanol–water partition coefficient (Wildman–Crippen LogP) is 3.30. The van der Waals surface area contributed by atoms with E-state index in [4.69, 9.17) is 26.3 Å². The topological polar surface area (TPSA) is 79.6 Å². The molecule has 140 valence electrons. The number of nitriles is 1. The van der Waals surface area contributed by atoms with Crippen LogP contribution in [0, 0.1) is 11.3 Å². The second-order valence-electron chi connectivity index (χ2n) is 5.68. The lowest BCUT2D eigenvalue weighted by Gasteiger charge is -2.15. The molecule has 2 aromatic carbocycles. The summed E-state index contributed by atoms with van der Waals surface area (Å²) in [5.74, 6) is -0.713. The Kier molecular flexibility index (Phi) is 7.65. The lowest BCUT2D eigenvalue weighted by atomic mass is 10.1. The van der Waals surface area contributed by atoms with Crippen LogP contribution in [0.5, 0.6) is 5.75 Å². The van der Waals surface area contributed by atoms with E-state index in [2.05, 4.69) is 0 Å². The molecule has 0 aliphatic heterocycles. The van der Waals surface area contributed by atoms with Crippen LogP contribution in [0.15, 0.2) is 48.5 Å². The molecule has 0 atom stereocenters. The number of likely N-dealkylation sites (N-methyl/N-ethyl adjacent to an activating group) is 1. The van der Waals surface area contributed by atoms with Crippen molar-refractivity contribution in [3.63, 3.8) is 0 Å². The van der Waals surface area contributed by atoms with Gasteiger partial charge in [0.1, 0.15) is 5.75 Å². The lowest BCUT2D eigenvalue weighted by Crippen LogP contribution is -2.32. The maximum absolute atomic E-state index is 11.7. The molecule has 0 spiro atoms. The van der Waals surface area contributed by atoms with Gasteiger partial charge in [-0.3, -0.25) is 4.79 Å².